The van der Waals surface area contributed by atoms with Crippen molar-refractivity contribution in [2.45, 2.75) is 39.3 Å². The van der Waals surface area contributed by atoms with Crippen molar-refractivity contribution in [3.63, 3.8) is 0 Å². The molecule has 5 N–H and O–H groups in total. The average molecular weight is 520 g/mol. The molecule has 0 bridgehead atoms. The Labute approximate surface area is 211 Å². The zero-order chi connectivity index (χ0) is 27.7. The molecule has 2 aromatic heterocycles. The number of anilines is 1. The summed E-state index contributed by atoms with van der Waals surface area (Å²) < 4.78 is 7.91. The Hall–Kier alpha value is -4.46. The molecule has 14 heteroatoms. The standard InChI is InChI=1S/C19H25N5O.2C2H2O4/c1-13-5-4-6-17-18(13)22-19(21-15-7-9-23(3)10-8-15)24(17)12-16-11-20-14(2)25-16;2*3-1(4)2(5)6/h4-6,11,15H,7-10,12H2,1-3H3,(H,21,22);2*(H,3,4)(H,5,6). The van der Waals surface area contributed by atoms with Gasteiger partial charge in [-0.05, 0) is 51.5 Å². The molecular formula is C23H29N5O9. The van der Waals surface area contributed by atoms with E-state index in [1.807, 2.05) is 6.92 Å². The van der Waals surface area contributed by atoms with Crippen molar-refractivity contribution in [1.82, 2.24) is 19.4 Å². The number of carbonyl (C=O) groups is 4. The van der Waals surface area contributed by atoms with E-state index >= 15 is 0 Å². The van der Waals surface area contributed by atoms with Crippen LogP contribution in [0.25, 0.3) is 11.0 Å². The van der Waals surface area contributed by atoms with E-state index in [0.29, 0.717) is 18.5 Å². The van der Waals surface area contributed by atoms with Gasteiger partial charge in [-0.15, -0.1) is 0 Å². The van der Waals surface area contributed by atoms with Gasteiger partial charge in [0.15, 0.2) is 5.89 Å². The predicted octanol–water partition coefficient (Wildman–Crippen LogP) is 1.51. The molecular weight excluding hydrogens is 490 g/mol. The number of aliphatic carboxylic acids is 4. The molecule has 200 valence electrons. The third-order valence-corrected chi connectivity index (χ3v) is 5.38. The van der Waals surface area contributed by atoms with Gasteiger partial charge in [-0.25, -0.2) is 29.1 Å². The van der Waals surface area contributed by atoms with E-state index in [1.165, 1.54) is 5.56 Å². The van der Waals surface area contributed by atoms with Gasteiger partial charge in [0.25, 0.3) is 0 Å². The Kier molecular flexibility index (Phi) is 10.1. The lowest BCUT2D eigenvalue weighted by Crippen LogP contribution is -2.37. The van der Waals surface area contributed by atoms with Gasteiger partial charge in [-0.3, -0.25) is 0 Å². The fourth-order valence-electron chi connectivity index (χ4n) is 3.53. The number of benzene rings is 1. The van der Waals surface area contributed by atoms with Crippen LogP contribution >= 0.6 is 0 Å². The number of piperidine rings is 1. The first-order valence-electron chi connectivity index (χ1n) is 11.1. The number of carboxylic acid groups (broad SMARTS) is 4. The molecule has 1 saturated heterocycles. The number of rotatable bonds is 4. The monoisotopic (exact) mass is 519 g/mol. The molecule has 37 heavy (non-hydrogen) atoms. The molecule has 3 aromatic rings. The summed E-state index contributed by atoms with van der Waals surface area (Å²) in [4.78, 5) is 47.9. The van der Waals surface area contributed by atoms with E-state index in [9.17, 15) is 0 Å². The molecule has 0 saturated carbocycles. The third-order valence-electron chi connectivity index (χ3n) is 5.38. The van der Waals surface area contributed by atoms with Gasteiger partial charge in [0.1, 0.15) is 5.76 Å². The van der Waals surface area contributed by atoms with Gasteiger partial charge in [0, 0.05) is 13.0 Å². The van der Waals surface area contributed by atoms with Gasteiger partial charge >= 0.3 is 23.9 Å². The maximum absolute atomic E-state index is 9.10. The summed E-state index contributed by atoms with van der Waals surface area (Å²) in [6.45, 7) is 6.86. The summed E-state index contributed by atoms with van der Waals surface area (Å²) in [5.74, 6) is -4.83. The van der Waals surface area contributed by atoms with Crippen LogP contribution in [0.2, 0.25) is 0 Å². The van der Waals surface area contributed by atoms with E-state index in [0.717, 1.165) is 48.7 Å². The second kappa shape index (κ2) is 13.0. The van der Waals surface area contributed by atoms with Crippen LogP contribution in [-0.4, -0.2) is 89.9 Å². The van der Waals surface area contributed by atoms with Crippen molar-refractivity contribution in [1.29, 1.82) is 0 Å². The fraction of sp³-hybridized carbons (Fsp3) is 0.391. The molecule has 0 aliphatic carbocycles. The summed E-state index contributed by atoms with van der Waals surface area (Å²) in [5.41, 5.74) is 3.37. The van der Waals surface area contributed by atoms with Crippen LogP contribution in [0.5, 0.6) is 0 Å². The van der Waals surface area contributed by atoms with Gasteiger partial charge in [0.05, 0.1) is 23.8 Å². The second-order valence-corrected chi connectivity index (χ2v) is 8.25. The molecule has 0 amide bonds. The molecule has 0 radical (unpaired) electrons. The fourth-order valence-corrected chi connectivity index (χ4v) is 3.53. The molecule has 4 rings (SSSR count). The number of nitrogens with zero attached hydrogens (tertiary/aromatic N) is 4. The van der Waals surface area contributed by atoms with Gasteiger partial charge in [-0.2, -0.15) is 0 Å². The molecule has 0 atom stereocenters. The number of carboxylic acids is 4. The first kappa shape index (κ1) is 28.8. The van der Waals surface area contributed by atoms with Gasteiger partial charge < -0.3 is 39.6 Å². The van der Waals surface area contributed by atoms with Crippen molar-refractivity contribution in [2.24, 2.45) is 0 Å². The zero-order valence-corrected chi connectivity index (χ0v) is 20.5. The Balaban J connectivity index is 0.000000336. The highest BCUT2D eigenvalue weighted by Crippen LogP contribution is 2.25. The van der Waals surface area contributed by atoms with Crippen molar-refractivity contribution in [3.05, 3.63) is 41.6 Å². The van der Waals surface area contributed by atoms with Gasteiger partial charge in [-0.1, -0.05) is 12.1 Å². The van der Waals surface area contributed by atoms with Crippen molar-refractivity contribution < 1.29 is 44.0 Å². The van der Waals surface area contributed by atoms with E-state index in [1.54, 1.807) is 6.20 Å². The molecule has 3 heterocycles. The first-order valence-corrected chi connectivity index (χ1v) is 11.1. The smallest absolute Gasteiger partial charge is 0.414 e. The molecule has 1 aliphatic heterocycles. The topological polar surface area (TPSA) is 208 Å². The SMILES string of the molecule is Cc1ncc(Cn2c(NC3CCN(C)CC3)nc3c(C)cccc32)o1.O=C(O)C(=O)O.O=C(O)C(=O)O. The highest BCUT2D eigenvalue weighted by Gasteiger charge is 2.20. The van der Waals surface area contributed by atoms with Crippen LogP contribution in [0.4, 0.5) is 5.95 Å². The number of oxazole rings is 1. The third kappa shape index (κ3) is 8.61. The number of hydrogen-bond donors (Lipinski definition) is 5. The van der Waals surface area contributed by atoms with Crippen LogP contribution < -0.4 is 5.32 Å². The minimum absolute atomic E-state index is 0.462. The number of likely N-dealkylation sites (tertiary alicyclic amines) is 1. The minimum Gasteiger partial charge on any atom is -0.473 e. The Bertz CT molecular complexity index is 1210. The number of hydrogen-bond acceptors (Lipinski definition) is 9. The largest absolute Gasteiger partial charge is 0.473 e. The van der Waals surface area contributed by atoms with Crippen molar-refractivity contribution >= 4 is 40.9 Å². The normalized spacial score (nSPS) is 13.6. The summed E-state index contributed by atoms with van der Waals surface area (Å²) in [7, 11) is 2.18. The summed E-state index contributed by atoms with van der Waals surface area (Å²) in [5, 5.41) is 33.2. The number of fused-ring (bicyclic) bond motifs is 1. The lowest BCUT2D eigenvalue weighted by Gasteiger charge is -2.29. The average Bonchev–Trinajstić information content (AvgIpc) is 3.40. The van der Waals surface area contributed by atoms with E-state index in [-0.39, 0.29) is 0 Å². The summed E-state index contributed by atoms with van der Waals surface area (Å²) in [6, 6.07) is 6.78. The second-order valence-electron chi connectivity index (χ2n) is 8.25. The predicted molar refractivity (Wildman–Crippen MR) is 129 cm³/mol. The molecule has 1 fully saturated rings. The maximum Gasteiger partial charge on any atom is 0.414 e. The van der Waals surface area contributed by atoms with E-state index in [4.69, 9.17) is 49.0 Å². The first-order chi connectivity index (χ1) is 17.4. The number of aryl methyl sites for hydroxylation is 2. The van der Waals surface area contributed by atoms with Crippen LogP contribution in [0.1, 0.15) is 30.1 Å². The number of imidazole rings is 1. The molecule has 14 nitrogen and oxygen atoms in total. The lowest BCUT2D eigenvalue weighted by atomic mass is 10.1. The summed E-state index contributed by atoms with van der Waals surface area (Å²) >= 11 is 0. The lowest BCUT2D eigenvalue weighted by molar-refractivity contribution is -0.159. The van der Waals surface area contributed by atoms with Crippen LogP contribution in [0, 0.1) is 13.8 Å². The Morgan fingerprint density at radius 3 is 2.05 bits per heavy atom. The Morgan fingerprint density at radius 2 is 1.57 bits per heavy atom. The molecule has 1 aliphatic rings. The molecule has 1 aromatic carbocycles. The Morgan fingerprint density at radius 1 is 1.00 bits per heavy atom. The van der Waals surface area contributed by atoms with Gasteiger partial charge in [0.2, 0.25) is 5.95 Å². The number of nitrogens with one attached hydrogen (secondary N) is 1. The van der Waals surface area contributed by atoms with Crippen LogP contribution in [0.15, 0.2) is 28.8 Å². The highest BCUT2D eigenvalue weighted by atomic mass is 16.4. The minimum atomic E-state index is -1.82. The van der Waals surface area contributed by atoms with Crippen molar-refractivity contribution in [2.75, 3.05) is 25.5 Å². The summed E-state index contributed by atoms with van der Waals surface area (Å²) in [6.07, 6.45) is 4.08. The van der Waals surface area contributed by atoms with Crippen molar-refractivity contribution in [3.8, 4) is 0 Å². The quantitative estimate of drug-likeness (QED) is 0.310. The highest BCUT2D eigenvalue weighted by molar-refractivity contribution is 6.27. The maximum atomic E-state index is 9.10. The number of aromatic nitrogens is 3. The van der Waals surface area contributed by atoms with E-state index in [2.05, 4.69) is 51.9 Å². The van der Waals surface area contributed by atoms with E-state index < -0.39 is 23.9 Å². The number of para-hydroxylation sites is 1. The zero-order valence-electron chi connectivity index (χ0n) is 20.5. The van der Waals surface area contributed by atoms with Crippen LogP contribution in [0.3, 0.4) is 0 Å². The van der Waals surface area contributed by atoms with Crippen LogP contribution in [-0.2, 0) is 25.7 Å². The molecule has 0 unspecified atom stereocenters. The molecule has 0 spiro atoms.